The number of benzene rings is 2. The van der Waals surface area contributed by atoms with Gasteiger partial charge in [-0.05, 0) is 64.0 Å². The summed E-state index contributed by atoms with van der Waals surface area (Å²) in [5.41, 5.74) is 1.26. The van der Waals surface area contributed by atoms with Crippen LogP contribution in [0.15, 0.2) is 36.4 Å². The van der Waals surface area contributed by atoms with E-state index in [1.165, 1.54) is 0 Å². The summed E-state index contributed by atoms with van der Waals surface area (Å²) in [7, 11) is 2.39. The van der Waals surface area contributed by atoms with Crippen LogP contribution in [0.2, 0.25) is 0 Å². The van der Waals surface area contributed by atoms with E-state index >= 15 is 0 Å². The molecule has 4 rings (SSSR count). The largest absolute Gasteiger partial charge is 0.507 e. The maximum Gasteiger partial charge on any atom is 0.130 e. The zero-order valence-corrected chi connectivity index (χ0v) is 19.2. The average Bonchev–Trinajstić information content (AvgIpc) is 3.56. The molecule has 0 aromatic heterocycles. The molecule has 1 saturated heterocycles. The lowest BCUT2D eigenvalue weighted by Gasteiger charge is -2.34. The third-order valence-corrected chi connectivity index (χ3v) is 9.30. The van der Waals surface area contributed by atoms with Crippen molar-refractivity contribution in [1.82, 2.24) is 0 Å². The van der Waals surface area contributed by atoms with Crippen LogP contribution >= 0.6 is 7.92 Å². The van der Waals surface area contributed by atoms with Crippen molar-refractivity contribution in [2.75, 3.05) is 20.8 Å². The maximum atomic E-state index is 11.6. The van der Waals surface area contributed by atoms with Gasteiger partial charge in [0.25, 0.3) is 0 Å². The van der Waals surface area contributed by atoms with E-state index in [2.05, 4.69) is 25.1 Å². The quantitative estimate of drug-likeness (QED) is 0.587. The lowest BCUT2D eigenvalue weighted by atomic mass is 9.90. The molecule has 2 fully saturated rings. The molecule has 0 amide bonds. The molecule has 0 bridgehead atoms. The zero-order chi connectivity index (χ0) is 21.1. The highest BCUT2D eigenvalue weighted by atomic mass is 31.1. The molecule has 1 N–H and O–H groups in total. The minimum atomic E-state index is -1.01. The van der Waals surface area contributed by atoms with Crippen molar-refractivity contribution in [3.63, 3.8) is 0 Å². The Morgan fingerprint density at radius 2 is 1.77 bits per heavy atom. The highest BCUT2D eigenvalue weighted by Gasteiger charge is 2.46. The Hall–Kier alpha value is -1.77. The Kier molecular flexibility index (Phi) is 6.55. The summed E-state index contributed by atoms with van der Waals surface area (Å²) in [6.07, 6.45) is 7.79. The number of aromatic hydroxyl groups is 1. The molecule has 1 saturated carbocycles. The molecule has 1 aliphatic heterocycles. The van der Waals surface area contributed by atoms with Crippen LogP contribution in [0.3, 0.4) is 0 Å². The Labute approximate surface area is 181 Å². The monoisotopic (exact) mass is 428 g/mol. The minimum absolute atomic E-state index is 0.0430. The maximum absolute atomic E-state index is 11.6. The normalized spacial score (nSPS) is 21.1. The van der Waals surface area contributed by atoms with Crippen LogP contribution in [0.1, 0.15) is 57.4 Å². The Morgan fingerprint density at radius 1 is 1.07 bits per heavy atom. The molecule has 162 valence electrons. The first kappa shape index (κ1) is 21.5. The standard InChI is InChI=1S/C25H33O4P/c1-4-14-25(15-16-25)18-9-7-12-21(23(18)26)30(22-13-5-6-17-29-22)24-19(27-2)10-8-11-20(24)28-3/h7-12,22,26H,4-6,13-17H2,1-3H3. The third kappa shape index (κ3) is 3.92. The summed E-state index contributed by atoms with van der Waals surface area (Å²) < 4.78 is 17.8. The number of hydrogen-bond donors (Lipinski definition) is 1. The minimum Gasteiger partial charge on any atom is -0.507 e. The van der Waals surface area contributed by atoms with Crippen molar-refractivity contribution in [2.45, 2.75) is 63.1 Å². The summed E-state index contributed by atoms with van der Waals surface area (Å²) >= 11 is 0. The van der Waals surface area contributed by atoms with Crippen LogP contribution < -0.4 is 20.1 Å². The molecule has 2 aromatic carbocycles. The van der Waals surface area contributed by atoms with Gasteiger partial charge in [0.05, 0.1) is 25.4 Å². The second-order valence-corrected chi connectivity index (χ2v) is 10.7. The summed E-state index contributed by atoms with van der Waals surface area (Å²) in [6.45, 7) is 2.99. The van der Waals surface area contributed by atoms with E-state index in [1.54, 1.807) is 14.2 Å². The molecule has 1 aliphatic carbocycles. The van der Waals surface area contributed by atoms with Crippen LogP contribution in [-0.2, 0) is 10.2 Å². The molecular formula is C25H33O4P. The molecule has 5 heteroatoms. The van der Waals surface area contributed by atoms with Gasteiger partial charge in [-0.3, -0.25) is 0 Å². The second kappa shape index (κ2) is 9.16. The second-order valence-electron chi connectivity index (χ2n) is 8.41. The fraction of sp³-hybridized carbons (Fsp3) is 0.520. The first-order valence-electron chi connectivity index (χ1n) is 11.1. The van der Waals surface area contributed by atoms with Gasteiger partial charge in [0.1, 0.15) is 17.2 Å². The van der Waals surface area contributed by atoms with Crippen molar-refractivity contribution in [3.05, 3.63) is 42.0 Å². The molecule has 2 unspecified atom stereocenters. The van der Waals surface area contributed by atoms with Gasteiger partial charge in [-0.15, -0.1) is 0 Å². The van der Waals surface area contributed by atoms with Gasteiger partial charge in [-0.2, -0.15) is 0 Å². The first-order chi connectivity index (χ1) is 14.6. The lowest BCUT2D eigenvalue weighted by Crippen LogP contribution is -2.29. The fourth-order valence-electron chi connectivity index (χ4n) is 4.85. The average molecular weight is 429 g/mol. The fourth-order valence-corrected chi connectivity index (χ4v) is 7.79. The number of rotatable bonds is 8. The van der Waals surface area contributed by atoms with Gasteiger partial charge in [-0.1, -0.05) is 37.6 Å². The molecule has 0 radical (unpaired) electrons. The highest BCUT2D eigenvalue weighted by molar-refractivity contribution is 7.74. The van der Waals surface area contributed by atoms with Gasteiger partial charge in [0.2, 0.25) is 0 Å². The SMILES string of the molecule is CCCC1(c2cccc(P(c3c(OC)cccc3OC)C3CCCCO3)c2O)CC1. The predicted octanol–water partition coefficient (Wildman–Crippen LogP) is 5.20. The van der Waals surface area contributed by atoms with Crippen LogP contribution in [0.4, 0.5) is 0 Å². The van der Waals surface area contributed by atoms with E-state index < -0.39 is 7.92 Å². The number of para-hydroxylation sites is 1. The van der Waals surface area contributed by atoms with E-state index in [4.69, 9.17) is 14.2 Å². The number of methoxy groups -OCH3 is 2. The van der Waals surface area contributed by atoms with Crippen molar-refractivity contribution in [3.8, 4) is 17.2 Å². The molecular weight excluding hydrogens is 395 g/mol. The number of phenols is 1. The summed E-state index contributed by atoms with van der Waals surface area (Å²) in [5, 5.41) is 13.6. The summed E-state index contributed by atoms with van der Waals surface area (Å²) in [4.78, 5) is 0. The molecule has 1 heterocycles. The van der Waals surface area contributed by atoms with E-state index in [0.717, 1.165) is 79.2 Å². The lowest BCUT2D eigenvalue weighted by molar-refractivity contribution is 0.0700. The number of hydrogen-bond acceptors (Lipinski definition) is 4. The Balaban J connectivity index is 1.87. The van der Waals surface area contributed by atoms with Crippen LogP contribution in [0.5, 0.6) is 17.2 Å². The zero-order valence-electron chi connectivity index (χ0n) is 18.3. The first-order valence-corrected chi connectivity index (χ1v) is 12.5. The van der Waals surface area contributed by atoms with Crippen molar-refractivity contribution >= 4 is 18.5 Å². The molecule has 30 heavy (non-hydrogen) atoms. The predicted molar refractivity (Wildman–Crippen MR) is 123 cm³/mol. The van der Waals surface area contributed by atoms with Crippen LogP contribution in [0, 0.1) is 0 Å². The van der Waals surface area contributed by atoms with Crippen LogP contribution in [-0.4, -0.2) is 31.8 Å². The molecule has 2 aromatic rings. The molecule has 2 aliphatic rings. The number of ether oxygens (including phenoxy) is 3. The molecule has 4 nitrogen and oxygen atoms in total. The van der Waals surface area contributed by atoms with Crippen LogP contribution in [0.25, 0.3) is 0 Å². The van der Waals surface area contributed by atoms with E-state index in [0.29, 0.717) is 5.75 Å². The molecule has 0 spiro atoms. The van der Waals surface area contributed by atoms with Crippen molar-refractivity contribution in [1.29, 1.82) is 0 Å². The Morgan fingerprint density at radius 3 is 2.33 bits per heavy atom. The molecule has 2 atom stereocenters. The summed E-state index contributed by atoms with van der Waals surface area (Å²) in [5.74, 6) is 2.10. The van der Waals surface area contributed by atoms with Gasteiger partial charge < -0.3 is 19.3 Å². The summed E-state index contributed by atoms with van der Waals surface area (Å²) in [6, 6.07) is 12.2. The topological polar surface area (TPSA) is 47.9 Å². The van der Waals surface area contributed by atoms with E-state index in [-0.39, 0.29) is 11.3 Å². The van der Waals surface area contributed by atoms with Gasteiger partial charge in [0.15, 0.2) is 0 Å². The van der Waals surface area contributed by atoms with Gasteiger partial charge in [-0.25, -0.2) is 0 Å². The highest BCUT2D eigenvalue weighted by Crippen LogP contribution is 2.57. The van der Waals surface area contributed by atoms with E-state index in [1.807, 2.05) is 18.2 Å². The van der Waals surface area contributed by atoms with Gasteiger partial charge >= 0.3 is 0 Å². The van der Waals surface area contributed by atoms with Crippen molar-refractivity contribution < 1.29 is 19.3 Å². The van der Waals surface area contributed by atoms with E-state index in [9.17, 15) is 5.11 Å². The van der Waals surface area contributed by atoms with Gasteiger partial charge in [0, 0.05) is 17.5 Å². The smallest absolute Gasteiger partial charge is 0.130 e. The number of phenolic OH excluding ortho intramolecular Hbond substituents is 1. The third-order valence-electron chi connectivity index (χ3n) is 6.51. The Bertz CT molecular complexity index is 849. The van der Waals surface area contributed by atoms with Crippen molar-refractivity contribution in [2.24, 2.45) is 0 Å².